The quantitative estimate of drug-likeness (QED) is 0.371. The van der Waals surface area contributed by atoms with Crippen molar-refractivity contribution in [3.05, 3.63) is 42.1 Å². The monoisotopic (exact) mass is 584 g/mol. The second kappa shape index (κ2) is 10.9. The van der Waals surface area contributed by atoms with E-state index in [2.05, 4.69) is 19.8 Å². The average molecular weight is 585 g/mol. The van der Waals surface area contributed by atoms with Crippen LogP contribution in [0.5, 0.6) is 0 Å². The van der Waals surface area contributed by atoms with Crippen molar-refractivity contribution < 1.29 is 22.7 Å². The van der Waals surface area contributed by atoms with Crippen molar-refractivity contribution in [2.24, 2.45) is 12.5 Å². The fourth-order valence-electron chi connectivity index (χ4n) is 6.12. The molecule has 3 aromatic rings. The third-order valence-corrected chi connectivity index (χ3v) is 10.3. The van der Waals surface area contributed by atoms with Gasteiger partial charge in [-0.2, -0.15) is 0 Å². The van der Waals surface area contributed by atoms with Gasteiger partial charge in [0.25, 0.3) is 5.91 Å². The van der Waals surface area contributed by atoms with Gasteiger partial charge in [-0.1, -0.05) is 0 Å². The molecule has 1 aliphatic carbocycles. The van der Waals surface area contributed by atoms with E-state index < -0.39 is 16.2 Å². The van der Waals surface area contributed by atoms with Crippen LogP contribution >= 0.6 is 0 Å². The lowest BCUT2D eigenvalue weighted by Crippen LogP contribution is -2.36. The summed E-state index contributed by atoms with van der Waals surface area (Å²) < 4.78 is 44.0. The van der Waals surface area contributed by atoms with Gasteiger partial charge in [0.2, 0.25) is 10.0 Å². The lowest BCUT2D eigenvalue weighted by atomic mass is 9.93. The molecule has 3 aliphatic rings. The number of carbonyl (C=O) groups excluding carboxylic acids is 1. The Bertz CT molecular complexity index is 1550. The molecule has 1 spiro atoms. The van der Waals surface area contributed by atoms with Crippen molar-refractivity contribution in [2.45, 2.75) is 49.6 Å². The number of amides is 1. The average Bonchev–Trinajstić information content (AvgIpc) is 3.62. The highest BCUT2D eigenvalue weighted by molar-refractivity contribution is 7.89. The van der Waals surface area contributed by atoms with E-state index in [1.807, 2.05) is 29.9 Å². The van der Waals surface area contributed by atoms with Gasteiger partial charge in [0.1, 0.15) is 12.0 Å². The molecule has 41 heavy (non-hydrogen) atoms. The molecule has 2 aromatic heterocycles. The van der Waals surface area contributed by atoms with Crippen LogP contribution in [-0.2, 0) is 17.1 Å². The lowest BCUT2D eigenvalue weighted by molar-refractivity contribution is 0.102. The van der Waals surface area contributed by atoms with Crippen LogP contribution in [0.15, 0.2) is 41.4 Å². The largest absolute Gasteiger partial charge is 0.395 e. The van der Waals surface area contributed by atoms with Crippen molar-refractivity contribution >= 4 is 44.2 Å². The highest BCUT2D eigenvalue weighted by Crippen LogP contribution is 2.54. The summed E-state index contributed by atoms with van der Waals surface area (Å²) in [4.78, 5) is 22.8. The number of anilines is 3. The molecule has 0 bridgehead atoms. The Morgan fingerprint density at radius 1 is 1.07 bits per heavy atom. The lowest BCUT2D eigenvalue weighted by Gasteiger charge is -2.35. The molecule has 0 unspecified atom stereocenters. The SMILES string of the molecule is Cn1ccc2cc(NC(=O)c3ccc(S(=O)(=O)NCCO)cc3N3CCC4(CC3)CC4)nc(N3CCC(F)CC3)c21. The van der Waals surface area contributed by atoms with Gasteiger partial charge in [-0.25, -0.2) is 22.5 Å². The van der Waals surface area contributed by atoms with E-state index >= 15 is 0 Å². The van der Waals surface area contributed by atoms with E-state index in [1.165, 1.54) is 18.9 Å². The zero-order chi connectivity index (χ0) is 28.8. The third kappa shape index (κ3) is 5.64. The molecule has 6 rings (SSSR count). The molecule has 1 aromatic carbocycles. The van der Waals surface area contributed by atoms with Crippen LogP contribution in [-0.4, -0.2) is 74.5 Å². The molecule has 3 N–H and O–H groups in total. The van der Waals surface area contributed by atoms with Crippen LogP contribution in [0.25, 0.3) is 10.9 Å². The first kappa shape index (κ1) is 27.9. The summed E-state index contributed by atoms with van der Waals surface area (Å²) in [5.41, 5.74) is 2.27. The summed E-state index contributed by atoms with van der Waals surface area (Å²) in [6, 6.07) is 8.32. The molecule has 3 fully saturated rings. The number of sulfonamides is 1. The van der Waals surface area contributed by atoms with Gasteiger partial charge < -0.3 is 24.8 Å². The van der Waals surface area contributed by atoms with Crippen LogP contribution in [0, 0.1) is 5.41 Å². The molecule has 0 atom stereocenters. The molecule has 1 amide bonds. The van der Waals surface area contributed by atoms with Gasteiger partial charge in [0, 0.05) is 51.4 Å². The zero-order valence-electron chi connectivity index (χ0n) is 23.3. The van der Waals surface area contributed by atoms with E-state index in [-0.39, 0.29) is 24.0 Å². The smallest absolute Gasteiger partial charge is 0.258 e. The maximum absolute atomic E-state index is 13.9. The number of halogens is 1. The predicted molar refractivity (Wildman–Crippen MR) is 157 cm³/mol. The van der Waals surface area contributed by atoms with Gasteiger partial charge in [-0.3, -0.25) is 4.79 Å². The normalized spacial score (nSPS) is 19.2. The second-order valence-electron chi connectivity index (χ2n) is 11.6. The summed E-state index contributed by atoms with van der Waals surface area (Å²) in [6.07, 6.45) is 6.48. The number of carbonyl (C=O) groups is 1. The molecule has 1 saturated carbocycles. The molecule has 10 nitrogen and oxygen atoms in total. The number of fused-ring (bicyclic) bond motifs is 1. The van der Waals surface area contributed by atoms with E-state index in [1.54, 1.807) is 12.1 Å². The maximum atomic E-state index is 13.9. The summed E-state index contributed by atoms with van der Waals surface area (Å²) in [5, 5.41) is 13.0. The molecule has 2 aliphatic heterocycles. The fraction of sp³-hybridized carbons (Fsp3) is 0.517. The molecule has 4 heterocycles. The van der Waals surface area contributed by atoms with Crippen molar-refractivity contribution in [1.82, 2.24) is 14.3 Å². The van der Waals surface area contributed by atoms with E-state index in [0.717, 1.165) is 36.8 Å². The van der Waals surface area contributed by atoms with Crippen LogP contribution in [0.2, 0.25) is 0 Å². The van der Waals surface area contributed by atoms with Crippen molar-refractivity contribution in [1.29, 1.82) is 0 Å². The van der Waals surface area contributed by atoms with Crippen molar-refractivity contribution in [3.8, 4) is 0 Å². The number of rotatable bonds is 8. The van der Waals surface area contributed by atoms with Crippen molar-refractivity contribution in [2.75, 3.05) is 54.4 Å². The highest BCUT2D eigenvalue weighted by atomic mass is 32.2. The minimum Gasteiger partial charge on any atom is -0.395 e. The number of benzene rings is 1. The highest BCUT2D eigenvalue weighted by Gasteiger charge is 2.44. The minimum atomic E-state index is -3.85. The van der Waals surface area contributed by atoms with Gasteiger partial charge in [0.05, 0.1) is 28.3 Å². The number of pyridine rings is 1. The number of hydrogen-bond donors (Lipinski definition) is 3. The molecule has 220 valence electrons. The Labute approximate surface area is 239 Å². The molecule has 2 saturated heterocycles. The number of alkyl halides is 1. The Kier molecular flexibility index (Phi) is 7.41. The first-order valence-corrected chi connectivity index (χ1v) is 15.8. The molecule has 12 heteroatoms. The number of aliphatic hydroxyl groups is 1. The van der Waals surface area contributed by atoms with Crippen LogP contribution in [0.3, 0.4) is 0 Å². The third-order valence-electron chi connectivity index (χ3n) is 8.85. The number of piperidine rings is 2. The van der Waals surface area contributed by atoms with Gasteiger partial charge in [-0.05, 0) is 74.3 Å². The number of nitrogens with one attached hydrogen (secondary N) is 2. The summed E-state index contributed by atoms with van der Waals surface area (Å²) in [5.74, 6) is 0.712. The number of aromatic nitrogens is 2. The van der Waals surface area contributed by atoms with E-state index in [4.69, 9.17) is 10.1 Å². The number of hydrogen-bond acceptors (Lipinski definition) is 7. The Morgan fingerprint density at radius 2 is 1.80 bits per heavy atom. The molecular formula is C29H37FN6O4S. The van der Waals surface area contributed by atoms with Gasteiger partial charge in [0.15, 0.2) is 5.82 Å². The number of aryl methyl sites for hydroxylation is 1. The zero-order valence-corrected chi connectivity index (χ0v) is 24.1. The van der Waals surface area contributed by atoms with Crippen LogP contribution < -0.4 is 19.8 Å². The first-order valence-electron chi connectivity index (χ1n) is 14.3. The fourth-order valence-corrected chi connectivity index (χ4v) is 7.16. The Morgan fingerprint density at radius 3 is 2.49 bits per heavy atom. The van der Waals surface area contributed by atoms with Crippen LogP contribution in [0.1, 0.15) is 48.9 Å². The van der Waals surface area contributed by atoms with E-state index in [0.29, 0.717) is 54.2 Å². The summed E-state index contributed by atoms with van der Waals surface area (Å²) in [6.45, 7) is 2.19. The molecular weight excluding hydrogens is 547 g/mol. The predicted octanol–water partition coefficient (Wildman–Crippen LogP) is 3.41. The van der Waals surface area contributed by atoms with E-state index in [9.17, 15) is 17.6 Å². The minimum absolute atomic E-state index is 0.0478. The van der Waals surface area contributed by atoms with Crippen LogP contribution in [0.4, 0.5) is 21.7 Å². The number of nitrogens with zero attached hydrogens (tertiary/aromatic N) is 4. The van der Waals surface area contributed by atoms with Gasteiger partial charge in [-0.15, -0.1) is 0 Å². The topological polar surface area (TPSA) is 120 Å². The first-order chi connectivity index (χ1) is 19.7. The van der Waals surface area contributed by atoms with Crippen molar-refractivity contribution in [3.63, 3.8) is 0 Å². The maximum Gasteiger partial charge on any atom is 0.258 e. The Balaban J connectivity index is 1.32. The van der Waals surface area contributed by atoms with Gasteiger partial charge >= 0.3 is 0 Å². The number of aliphatic hydroxyl groups excluding tert-OH is 1. The Hall–Kier alpha value is -3.22. The summed E-state index contributed by atoms with van der Waals surface area (Å²) in [7, 11) is -1.91. The summed E-state index contributed by atoms with van der Waals surface area (Å²) >= 11 is 0. The molecule has 0 radical (unpaired) electrons. The standard InChI is InChI=1S/C29H37FN6O4S/c1-34-12-4-20-18-25(32-27(26(20)34)36-13-5-21(30)6-14-36)33-28(38)23-3-2-22(41(39,40)31-11-17-37)19-24(23)35-15-9-29(7-8-29)10-16-35/h2-4,12,18-19,21,31,37H,5-11,13-17H2,1H3,(H,32,33,38). The second-order valence-corrected chi connectivity index (χ2v) is 13.4.